The van der Waals surface area contributed by atoms with E-state index in [2.05, 4.69) is 5.32 Å². The van der Waals surface area contributed by atoms with Crippen molar-refractivity contribution in [1.82, 2.24) is 5.32 Å². The Balaban J connectivity index is 0.00000512. The van der Waals surface area contributed by atoms with Crippen molar-refractivity contribution in [1.29, 1.82) is 0 Å². The summed E-state index contributed by atoms with van der Waals surface area (Å²) in [4.78, 5) is 0. The minimum Gasteiger partial charge on any atom is -0.508 e. The standard InChI is InChI=1S/C18H29NO3.ClH/c1-18(2,3)19-11-15(21)12-22-17-9-8-14(20)10-16(17)13-6-4-5-7-13;/h8-10,13,15,19-21H,4-7,11-12H2,1-3H3;1H/t15-;/m0./s1/i1D3,2D3,3D3;. The average Bonchev–Trinajstić information content (AvgIpc) is 3.11. The predicted molar refractivity (Wildman–Crippen MR) is 95.8 cm³/mol. The number of β-amino-alcohol motifs (C(OH)–C–C–N with tert-alkyl or cyclic N) is 1. The molecule has 0 bridgehead atoms. The largest absolute Gasteiger partial charge is 0.508 e. The number of phenolic OH excluding ortho intramolecular Hbond substituents is 1. The van der Waals surface area contributed by atoms with E-state index in [1.165, 1.54) is 6.07 Å². The van der Waals surface area contributed by atoms with Crippen LogP contribution in [0.5, 0.6) is 11.5 Å². The highest BCUT2D eigenvalue weighted by atomic mass is 35.5. The topological polar surface area (TPSA) is 61.7 Å². The second kappa shape index (κ2) is 8.76. The highest BCUT2D eigenvalue weighted by Gasteiger charge is 2.22. The van der Waals surface area contributed by atoms with Crippen LogP contribution in [0, 0.1) is 0 Å². The number of aliphatic hydroxyl groups is 1. The van der Waals surface area contributed by atoms with Gasteiger partial charge in [0.05, 0.1) is 0 Å². The minimum absolute atomic E-state index is 0. The van der Waals surface area contributed by atoms with E-state index in [0.29, 0.717) is 5.75 Å². The van der Waals surface area contributed by atoms with Crippen molar-refractivity contribution in [2.75, 3.05) is 13.2 Å². The van der Waals surface area contributed by atoms with Gasteiger partial charge in [-0.25, -0.2) is 0 Å². The van der Waals surface area contributed by atoms with Crippen LogP contribution in [-0.2, 0) is 0 Å². The number of aliphatic hydroxyl groups excluding tert-OH is 1. The Hall–Kier alpha value is -0.970. The van der Waals surface area contributed by atoms with Crippen LogP contribution in [-0.4, -0.2) is 35.0 Å². The molecule has 23 heavy (non-hydrogen) atoms. The van der Waals surface area contributed by atoms with E-state index in [-0.39, 0.29) is 30.7 Å². The maximum Gasteiger partial charge on any atom is 0.123 e. The fourth-order valence-corrected chi connectivity index (χ4v) is 2.74. The molecule has 0 aromatic heterocycles. The van der Waals surface area contributed by atoms with Crippen molar-refractivity contribution in [2.45, 2.75) is 63.8 Å². The number of nitrogens with one attached hydrogen (secondary N) is 1. The molecule has 0 unspecified atom stereocenters. The second-order valence-electron chi connectivity index (χ2n) is 5.80. The fraction of sp³-hybridized carbons (Fsp3) is 0.667. The third-order valence-electron chi connectivity index (χ3n) is 3.82. The Bertz CT molecular complexity index is 711. The van der Waals surface area contributed by atoms with Gasteiger partial charge in [0.25, 0.3) is 0 Å². The minimum atomic E-state index is -3.39. The number of hydrogen-bond acceptors (Lipinski definition) is 4. The Labute approximate surface area is 158 Å². The van der Waals surface area contributed by atoms with Gasteiger partial charge >= 0.3 is 0 Å². The van der Waals surface area contributed by atoms with Gasteiger partial charge < -0.3 is 20.3 Å². The van der Waals surface area contributed by atoms with Gasteiger partial charge in [-0.1, -0.05) is 12.8 Å². The van der Waals surface area contributed by atoms with E-state index >= 15 is 0 Å². The molecule has 2 rings (SSSR count). The molecule has 5 heteroatoms. The molecule has 1 fully saturated rings. The third-order valence-corrected chi connectivity index (χ3v) is 3.82. The number of rotatable bonds is 6. The molecule has 4 nitrogen and oxygen atoms in total. The van der Waals surface area contributed by atoms with Crippen LogP contribution >= 0.6 is 12.4 Å². The summed E-state index contributed by atoms with van der Waals surface area (Å²) in [5, 5.41) is 22.2. The van der Waals surface area contributed by atoms with Crippen molar-refractivity contribution in [3.63, 3.8) is 0 Å². The smallest absolute Gasteiger partial charge is 0.123 e. The molecule has 1 saturated carbocycles. The molecule has 0 spiro atoms. The lowest BCUT2D eigenvalue weighted by molar-refractivity contribution is 0.0993. The van der Waals surface area contributed by atoms with Crippen LogP contribution in [0.15, 0.2) is 18.2 Å². The average molecular weight is 353 g/mol. The maximum atomic E-state index is 10.3. The zero-order valence-electron chi connectivity index (χ0n) is 21.8. The van der Waals surface area contributed by atoms with Gasteiger partial charge in [-0.15, -0.1) is 12.4 Å². The van der Waals surface area contributed by atoms with Gasteiger partial charge in [0.15, 0.2) is 0 Å². The summed E-state index contributed by atoms with van der Waals surface area (Å²) in [5.74, 6) is 0.762. The first-order chi connectivity index (χ1) is 14.1. The van der Waals surface area contributed by atoms with E-state index in [1.807, 2.05) is 0 Å². The first-order valence-electron chi connectivity index (χ1n) is 12.0. The summed E-state index contributed by atoms with van der Waals surface area (Å²) in [6.07, 6.45) is 2.64. The van der Waals surface area contributed by atoms with Crippen molar-refractivity contribution in [3.05, 3.63) is 23.8 Å². The van der Waals surface area contributed by atoms with Crippen molar-refractivity contribution < 1.29 is 27.3 Å². The molecule has 1 aromatic rings. The fourth-order valence-electron chi connectivity index (χ4n) is 2.74. The highest BCUT2D eigenvalue weighted by Crippen LogP contribution is 2.40. The number of ether oxygens (including phenoxy) is 1. The molecule has 0 saturated heterocycles. The second-order valence-corrected chi connectivity index (χ2v) is 5.80. The Morgan fingerprint density at radius 1 is 1.35 bits per heavy atom. The first-order valence-corrected chi connectivity index (χ1v) is 7.49. The van der Waals surface area contributed by atoms with Gasteiger partial charge in [-0.3, -0.25) is 0 Å². The Morgan fingerprint density at radius 2 is 2.04 bits per heavy atom. The van der Waals surface area contributed by atoms with Crippen LogP contribution in [0.4, 0.5) is 0 Å². The van der Waals surface area contributed by atoms with Crippen molar-refractivity contribution in [3.8, 4) is 11.5 Å². The number of halogens is 1. The van der Waals surface area contributed by atoms with Crippen LogP contribution < -0.4 is 10.1 Å². The van der Waals surface area contributed by atoms with Crippen LogP contribution in [0.3, 0.4) is 0 Å². The Morgan fingerprint density at radius 3 is 2.70 bits per heavy atom. The lowest BCUT2D eigenvalue weighted by Gasteiger charge is -2.23. The molecule has 0 aliphatic heterocycles. The van der Waals surface area contributed by atoms with Gasteiger partial charge in [-0.2, -0.15) is 0 Å². The zero-order chi connectivity index (χ0) is 23.7. The van der Waals surface area contributed by atoms with Gasteiger partial charge in [0.2, 0.25) is 0 Å². The van der Waals surface area contributed by atoms with E-state index < -0.39 is 38.7 Å². The van der Waals surface area contributed by atoms with E-state index in [9.17, 15) is 10.2 Å². The normalized spacial score (nSPS) is 24.3. The SMILES string of the molecule is Cl.[2H]C([2H])([2H])C(NC[C@H](O)COc1ccc(O)cc1C1CCCC1)(C([2H])([2H])[2H])C([2H])([2H])[2H]. The van der Waals surface area contributed by atoms with Gasteiger partial charge in [0.1, 0.15) is 24.2 Å². The number of benzene rings is 1. The highest BCUT2D eigenvalue weighted by molar-refractivity contribution is 5.85. The lowest BCUT2D eigenvalue weighted by atomic mass is 9.96. The van der Waals surface area contributed by atoms with E-state index in [4.69, 9.17) is 17.1 Å². The van der Waals surface area contributed by atoms with Crippen molar-refractivity contribution >= 4 is 12.4 Å². The van der Waals surface area contributed by atoms with Crippen LogP contribution in [0.2, 0.25) is 0 Å². The molecule has 0 radical (unpaired) electrons. The summed E-state index contributed by atoms with van der Waals surface area (Å²) >= 11 is 0. The molecule has 132 valence electrons. The summed E-state index contributed by atoms with van der Waals surface area (Å²) in [5.41, 5.74) is -2.40. The molecule has 1 atom stereocenters. The molecule has 1 aromatic carbocycles. The zero-order valence-corrected chi connectivity index (χ0v) is 13.7. The number of phenols is 1. The molecule has 0 amide bonds. The molecular formula is C18H30ClNO3. The van der Waals surface area contributed by atoms with E-state index in [1.54, 1.807) is 12.1 Å². The Kier molecular flexibility index (Phi) is 3.86. The summed E-state index contributed by atoms with van der Waals surface area (Å²) in [6.45, 7) is -11.1. The molecule has 1 aliphatic carbocycles. The third kappa shape index (κ3) is 6.58. The summed E-state index contributed by atoms with van der Waals surface area (Å²) in [7, 11) is 0. The predicted octanol–water partition coefficient (Wildman–Crippen LogP) is 3.60. The molecule has 0 heterocycles. The summed E-state index contributed by atoms with van der Waals surface area (Å²) < 4.78 is 73.9. The van der Waals surface area contributed by atoms with Gasteiger partial charge in [0, 0.05) is 30.0 Å². The van der Waals surface area contributed by atoms with Crippen LogP contribution in [0.1, 0.15) is 70.1 Å². The molecule has 3 N–H and O–H groups in total. The maximum absolute atomic E-state index is 10.3. The monoisotopic (exact) mass is 352 g/mol. The number of hydrogen-bond donors (Lipinski definition) is 3. The van der Waals surface area contributed by atoms with Crippen molar-refractivity contribution in [2.24, 2.45) is 0 Å². The van der Waals surface area contributed by atoms with Gasteiger partial charge in [-0.05, 0) is 57.5 Å². The molecule has 1 aliphatic rings. The first kappa shape index (κ1) is 10.1. The molecular weight excluding hydrogens is 314 g/mol. The van der Waals surface area contributed by atoms with Crippen LogP contribution in [0.25, 0.3) is 0 Å². The lowest BCUT2D eigenvalue weighted by Crippen LogP contribution is -2.42. The van der Waals surface area contributed by atoms with E-state index in [0.717, 1.165) is 31.2 Å². The number of aromatic hydroxyl groups is 1. The summed E-state index contributed by atoms with van der Waals surface area (Å²) in [6, 6.07) is 4.63. The quantitative estimate of drug-likeness (QED) is 0.732.